The first-order valence-electron chi connectivity index (χ1n) is 6.40. The smallest absolute Gasteiger partial charge is 0.224 e. The Bertz CT molecular complexity index is 239. The lowest BCUT2D eigenvalue weighted by atomic mass is 9.98. The van der Waals surface area contributed by atoms with Gasteiger partial charge in [-0.3, -0.25) is 4.79 Å². The van der Waals surface area contributed by atoms with E-state index in [1.165, 1.54) is 0 Å². The number of ether oxygens (including phenoxy) is 1. The average Bonchev–Trinajstić information content (AvgIpc) is 2.83. The van der Waals surface area contributed by atoms with E-state index in [0.717, 1.165) is 45.4 Å². The lowest BCUT2D eigenvalue weighted by Crippen LogP contribution is -2.47. The van der Waals surface area contributed by atoms with Gasteiger partial charge in [-0.15, -0.1) is 12.4 Å². The molecule has 1 amide bonds. The minimum atomic E-state index is 0. The van der Waals surface area contributed by atoms with Crippen molar-refractivity contribution in [2.45, 2.75) is 44.8 Å². The lowest BCUT2D eigenvalue weighted by molar-refractivity contribution is -0.127. The van der Waals surface area contributed by atoms with Gasteiger partial charge in [0.2, 0.25) is 5.91 Å². The minimum Gasteiger partial charge on any atom is -0.376 e. The van der Waals surface area contributed by atoms with Crippen LogP contribution in [0.15, 0.2) is 0 Å². The second-order valence-corrected chi connectivity index (χ2v) is 4.89. The standard InChI is InChI=1S/C12H22N2O2.ClH/c1-9(11-5-3-7-16-11)14-12(15)10-4-2-6-13-8-10;/h9-11,13H,2-8H2,1H3,(H,14,15);1H/t9?,10-,11?;/m1./s1. The van der Waals surface area contributed by atoms with Crippen molar-refractivity contribution >= 4 is 18.3 Å². The summed E-state index contributed by atoms with van der Waals surface area (Å²) in [4.78, 5) is 12.0. The fourth-order valence-corrected chi connectivity index (χ4v) is 2.51. The second kappa shape index (κ2) is 7.19. The molecular weight excluding hydrogens is 240 g/mol. The Balaban J connectivity index is 0.00000144. The topological polar surface area (TPSA) is 50.4 Å². The molecule has 0 bridgehead atoms. The van der Waals surface area contributed by atoms with Crippen molar-refractivity contribution in [1.82, 2.24) is 10.6 Å². The van der Waals surface area contributed by atoms with Crippen molar-refractivity contribution < 1.29 is 9.53 Å². The van der Waals surface area contributed by atoms with Gasteiger partial charge >= 0.3 is 0 Å². The van der Waals surface area contributed by atoms with Crippen molar-refractivity contribution in [3.05, 3.63) is 0 Å². The number of carbonyl (C=O) groups excluding carboxylic acids is 1. The van der Waals surface area contributed by atoms with Crippen LogP contribution < -0.4 is 10.6 Å². The zero-order valence-electron chi connectivity index (χ0n) is 10.4. The molecule has 0 saturated carbocycles. The predicted octanol–water partition coefficient (Wildman–Crippen LogP) is 1.09. The second-order valence-electron chi connectivity index (χ2n) is 4.89. The van der Waals surface area contributed by atoms with E-state index in [1.54, 1.807) is 0 Å². The molecule has 17 heavy (non-hydrogen) atoms. The molecule has 2 heterocycles. The maximum atomic E-state index is 12.0. The Morgan fingerprint density at radius 2 is 2.24 bits per heavy atom. The molecule has 2 rings (SSSR count). The largest absolute Gasteiger partial charge is 0.376 e. The van der Waals surface area contributed by atoms with Gasteiger partial charge in [0.1, 0.15) is 0 Å². The van der Waals surface area contributed by atoms with Gasteiger partial charge in [0, 0.05) is 13.2 Å². The van der Waals surface area contributed by atoms with Crippen LogP contribution >= 0.6 is 12.4 Å². The molecule has 0 radical (unpaired) electrons. The molecule has 2 N–H and O–H groups in total. The normalized spacial score (nSPS) is 30.4. The SMILES string of the molecule is CC(NC(=O)[C@@H]1CCCNC1)C1CCCO1.Cl. The van der Waals surface area contributed by atoms with E-state index in [9.17, 15) is 4.79 Å². The highest BCUT2D eigenvalue weighted by atomic mass is 35.5. The summed E-state index contributed by atoms with van der Waals surface area (Å²) in [6.07, 6.45) is 4.53. The van der Waals surface area contributed by atoms with Crippen LogP contribution in [0.2, 0.25) is 0 Å². The maximum Gasteiger partial charge on any atom is 0.224 e. The average molecular weight is 263 g/mol. The molecule has 0 aromatic heterocycles. The van der Waals surface area contributed by atoms with Crippen LogP contribution in [-0.2, 0) is 9.53 Å². The first kappa shape index (κ1) is 14.7. The maximum absolute atomic E-state index is 12.0. The molecule has 0 aromatic carbocycles. The Morgan fingerprint density at radius 1 is 1.41 bits per heavy atom. The summed E-state index contributed by atoms with van der Waals surface area (Å²) in [7, 11) is 0. The van der Waals surface area contributed by atoms with Crippen molar-refractivity contribution in [3.8, 4) is 0 Å². The van der Waals surface area contributed by atoms with Crippen molar-refractivity contribution in [2.75, 3.05) is 19.7 Å². The molecular formula is C12H23ClN2O2. The highest BCUT2D eigenvalue weighted by molar-refractivity contribution is 5.85. The third-order valence-electron chi connectivity index (χ3n) is 3.56. The van der Waals surface area contributed by atoms with Gasteiger partial charge in [-0.2, -0.15) is 0 Å². The summed E-state index contributed by atoms with van der Waals surface area (Å²) in [6, 6.07) is 0.150. The minimum absolute atomic E-state index is 0. The van der Waals surface area contributed by atoms with Crippen LogP contribution in [0.4, 0.5) is 0 Å². The summed E-state index contributed by atoms with van der Waals surface area (Å²) in [5.74, 6) is 0.341. The van der Waals surface area contributed by atoms with E-state index in [0.29, 0.717) is 0 Å². The third-order valence-corrected chi connectivity index (χ3v) is 3.56. The first-order valence-corrected chi connectivity index (χ1v) is 6.40. The quantitative estimate of drug-likeness (QED) is 0.801. The van der Waals surface area contributed by atoms with Gasteiger partial charge in [-0.05, 0) is 39.2 Å². The van der Waals surface area contributed by atoms with E-state index >= 15 is 0 Å². The highest BCUT2D eigenvalue weighted by Crippen LogP contribution is 2.16. The van der Waals surface area contributed by atoms with E-state index in [2.05, 4.69) is 10.6 Å². The van der Waals surface area contributed by atoms with E-state index in [1.807, 2.05) is 6.92 Å². The Labute approximate surface area is 109 Å². The molecule has 2 aliphatic rings. The van der Waals surface area contributed by atoms with E-state index in [-0.39, 0.29) is 36.4 Å². The summed E-state index contributed by atoms with van der Waals surface area (Å²) in [5.41, 5.74) is 0. The molecule has 4 nitrogen and oxygen atoms in total. The third kappa shape index (κ3) is 4.12. The fraction of sp³-hybridized carbons (Fsp3) is 0.917. The molecule has 100 valence electrons. The number of carbonyl (C=O) groups is 1. The van der Waals surface area contributed by atoms with Gasteiger partial charge in [0.15, 0.2) is 0 Å². The van der Waals surface area contributed by atoms with Crippen LogP contribution in [0.25, 0.3) is 0 Å². The van der Waals surface area contributed by atoms with Crippen LogP contribution in [0.3, 0.4) is 0 Å². The molecule has 5 heteroatoms. The van der Waals surface area contributed by atoms with Crippen LogP contribution in [0, 0.1) is 5.92 Å². The van der Waals surface area contributed by atoms with Crippen LogP contribution in [0.1, 0.15) is 32.6 Å². The number of halogens is 1. The Morgan fingerprint density at radius 3 is 2.82 bits per heavy atom. The number of hydrogen-bond donors (Lipinski definition) is 2. The molecule has 2 fully saturated rings. The first-order chi connectivity index (χ1) is 7.77. The summed E-state index contributed by atoms with van der Waals surface area (Å²) >= 11 is 0. The number of rotatable bonds is 3. The van der Waals surface area contributed by atoms with Crippen LogP contribution in [0.5, 0.6) is 0 Å². The van der Waals surface area contributed by atoms with Gasteiger partial charge in [-0.1, -0.05) is 0 Å². The van der Waals surface area contributed by atoms with E-state index in [4.69, 9.17) is 4.74 Å². The number of hydrogen-bond acceptors (Lipinski definition) is 3. The highest BCUT2D eigenvalue weighted by Gasteiger charge is 2.27. The molecule has 2 unspecified atom stereocenters. The monoisotopic (exact) mass is 262 g/mol. The van der Waals surface area contributed by atoms with E-state index < -0.39 is 0 Å². The molecule has 3 atom stereocenters. The van der Waals surface area contributed by atoms with Gasteiger partial charge in [-0.25, -0.2) is 0 Å². The van der Waals surface area contributed by atoms with Crippen LogP contribution in [-0.4, -0.2) is 37.7 Å². The Kier molecular flexibility index (Phi) is 6.23. The molecule has 0 aromatic rings. The summed E-state index contributed by atoms with van der Waals surface area (Å²) in [5, 5.41) is 6.35. The van der Waals surface area contributed by atoms with Crippen molar-refractivity contribution in [2.24, 2.45) is 5.92 Å². The summed E-state index contributed by atoms with van der Waals surface area (Å²) in [6.45, 7) is 4.76. The molecule has 2 saturated heterocycles. The zero-order valence-corrected chi connectivity index (χ0v) is 11.2. The van der Waals surface area contributed by atoms with Crippen molar-refractivity contribution in [1.29, 1.82) is 0 Å². The molecule has 2 aliphatic heterocycles. The predicted molar refractivity (Wildman–Crippen MR) is 69.4 cm³/mol. The number of amides is 1. The number of nitrogens with one attached hydrogen (secondary N) is 2. The fourth-order valence-electron chi connectivity index (χ4n) is 2.51. The summed E-state index contributed by atoms with van der Waals surface area (Å²) < 4.78 is 5.57. The Hall–Kier alpha value is -0.320. The van der Waals surface area contributed by atoms with Gasteiger partial charge < -0.3 is 15.4 Å². The van der Waals surface area contributed by atoms with Gasteiger partial charge in [0.05, 0.1) is 18.1 Å². The molecule has 0 aliphatic carbocycles. The van der Waals surface area contributed by atoms with Gasteiger partial charge in [0.25, 0.3) is 0 Å². The van der Waals surface area contributed by atoms with Crippen molar-refractivity contribution in [3.63, 3.8) is 0 Å². The molecule has 0 spiro atoms. The number of piperidine rings is 1. The lowest BCUT2D eigenvalue weighted by Gasteiger charge is -2.26. The zero-order chi connectivity index (χ0) is 11.4.